The summed E-state index contributed by atoms with van der Waals surface area (Å²) in [4.78, 5) is 12.2. The Labute approximate surface area is 129 Å². The fraction of sp³-hybridized carbons (Fsp3) is 0.176. The molecule has 0 saturated carbocycles. The second-order valence-electron chi connectivity index (χ2n) is 4.70. The van der Waals surface area contributed by atoms with Gasteiger partial charge in [0.25, 0.3) is 5.91 Å². The van der Waals surface area contributed by atoms with Crippen molar-refractivity contribution in [2.24, 2.45) is 7.05 Å². The summed E-state index contributed by atoms with van der Waals surface area (Å²) in [5.41, 5.74) is 1.44. The monoisotopic (exact) mass is 295 g/mol. The zero-order chi connectivity index (χ0) is 15.9. The molecule has 0 aliphatic heterocycles. The van der Waals surface area contributed by atoms with E-state index in [2.05, 4.69) is 5.32 Å². The van der Waals surface area contributed by atoms with Gasteiger partial charge >= 0.3 is 0 Å². The zero-order valence-electron chi connectivity index (χ0n) is 12.5. The number of hydrogen-bond donors (Lipinski definition) is 1. The van der Waals surface area contributed by atoms with E-state index in [-0.39, 0.29) is 5.57 Å². The summed E-state index contributed by atoms with van der Waals surface area (Å²) >= 11 is 0. The first-order valence-corrected chi connectivity index (χ1v) is 6.90. The molecular formula is C17H17N3O2. The average molecular weight is 295 g/mol. The van der Waals surface area contributed by atoms with Crippen LogP contribution in [-0.2, 0) is 11.8 Å². The van der Waals surface area contributed by atoms with Crippen LogP contribution in [0.2, 0.25) is 0 Å². The minimum atomic E-state index is -0.444. The lowest BCUT2D eigenvalue weighted by Crippen LogP contribution is -2.13. The molecule has 0 fully saturated rings. The van der Waals surface area contributed by atoms with Crippen molar-refractivity contribution in [2.75, 3.05) is 11.9 Å². The van der Waals surface area contributed by atoms with Gasteiger partial charge in [-0.3, -0.25) is 4.79 Å². The third-order valence-electron chi connectivity index (χ3n) is 2.93. The molecule has 0 radical (unpaired) electrons. The molecule has 1 amide bonds. The lowest BCUT2D eigenvalue weighted by molar-refractivity contribution is -0.112. The molecule has 0 saturated heterocycles. The molecule has 1 aromatic heterocycles. The third-order valence-corrected chi connectivity index (χ3v) is 2.93. The number of carbonyl (C=O) groups is 1. The van der Waals surface area contributed by atoms with Gasteiger partial charge in [0, 0.05) is 31.2 Å². The van der Waals surface area contributed by atoms with E-state index in [9.17, 15) is 10.1 Å². The van der Waals surface area contributed by atoms with Gasteiger partial charge in [-0.05, 0) is 36.8 Å². The maximum Gasteiger partial charge on any atom is 0.266 e. The predicted octanol–water partition coefficient (Wildman–Crippen LogP) is 2.97. The molecule has 2 aromatic rings. The van der Waals surface area contributed by atoms with Crippen LogP contribution in [0.5, 0.6) is 5.75 Å². The molecule has 0 aliphatic carbocycles. The first kappa shape index (κ1) is 15.4. The second kappa shape index (κ2) is 7.14. The molecular weight excluding hydrogens is 278 g/mol. The van der Waals surface area contributed by atoms with E-state index in [4.69, 9.17) is 4.74 Å². The largest absolute Gasteiger partial charge is 0.494 e. The van der Waals surface area contributed by atoms with Crippen molar-refractivity contribution in [1.82, 2.24) is 4.57 Å². The number of hydrogen-bond acceptors (Lipinski definition) is 3. The molecule has 1 heterocycles. The van der Waals surface area contributed by atoms with Gasteiger partial charge < -0.3 is 14.6 Å². The highest BCUT2D eigenvalue weighted by Crippen LogP contribution is 2.18. The molecule has 0 spiro atoms. The molecule has 0 unspecified atom stereocenters. The van der Waals surface area contributed by atoms with E-state index in [1.54, 1.807) is 24.3 Å². The number of amides is 1. The molecule has 112 valence electrons. The Morgan fingerprint density at radius 1 is 1.45 bits per heavy atom. The van der Waals surface area contributed by atoms with Crippen molar-refractivity contribution >= 4 is 17.7 Å². The van der Waals surface area contributed by atoms with Gasteiger partial charge in [-0.2, -0.15) is 5.26 Å². The van der Waals surface area contributed by atoms with Crippen LogP contribution in [0.1, 0.15) is 12.5 Å². The summed E-state index contributed by atoms with van der Waals surface area (Å²) < 4.78 is 7.23. The number of anilines is 1. The van der Waals surface area contributed by atoms with Crippen LogP contribution in [0.3, 0.4) is 0 Å². The fourth-order valence-electron chi connectivity index (χ4n) is 1.95. The normalized spacial score (nSPS) is 10.9. The van der Waals surface area contributed by atoms with Gasteiger partial charge in [-0.1, -0.05) is 6.07 Å². The van der Waals surface area contributed by atoms with Crippen molar-refractivity contribution in [1.29, 1.82) is 5.26 Å². The van der Waals surface area contributed by atoms with E-state index in [1.807, 2.05) is 49.1 Å². The fourth-order valence-corrected chi connectivity index (χ4v) is 1.95. The van der Waals surface area contributed by atoms with Crippen LogP contribution in [0.15, 0.2) is 48.3 Å². The zero-order valence-corrected chi connectivity index (χ0v) is 12.5. The van der Waals surface area contributed by atoms with Crippen molar-refractivity contribution in [2.45, 2.75) is 6.92 Å². The number of rotatable bonds is 5. The Morgan fingerprint density at radius 3 is 2.91 bits per heavy atom. The van der Waals surface area contributed by atoms with Gasteiger partial charge in [-0.25, -0.2) is 0 Å². The maximum absolute atomic E-state index is 12.2. The van der Waals surface area contributed by atoms with Gasteiger partial charge in [0.05, 0.1) is 6.61 Å². The minimum Gasteiger partial charge on any atom is -0.494 e. The van der Waals surface area contributed by atoms with Crippen LogP contribution in [0.25, 0.3) is 6.08 Å². The molecule has 22 heavy (non-hydrogen) atoms. The van der Waals surface area contributed by atoms with E-state index < -0.39 is 5.91 Å². The van der Waals surface area contributed by atoms with E-state index in [0.29, 0.717) is 18.0 Å². The average Bonchev–Trinajstić information content (AvgIpc) is 2.90. The second-order valence-corrected chi connectivity index (χ2v) is 4.70. The highest BCUT2D eigenvalue weighted by Gasteiger charge is 2.10. The number of benzene rings is 1. The Hall–Kier alpha value is -3.00. The van der Waals surface area contributed by atoms with Crippen LogP contribution in [0, 0.1) is 11.3 Å². The van der Waals surface area contributed by atoms with E-state index in [1.165, 1.54) is 0 Å². The predicted molar refractivity (Wildman–Crippen MR) is 85.2 cm³/mol. The number of carbonyl (C=O) groups excluding carboxylic acids is 1. The van der Waals surface area contributed by atoms with Crippen molar-refractivity contribution in [3.63, 3.8) is 0 Å². The number of nitriles is 1. The maximum atomic E-state index is 12.2. The van der Waals surface area contributed by atoms with Gasteiger partial charge in [-0.15, -0.1) is 0 Å². The third kappa shape index (κ3) is 4.00. The van der Waals surface area contributed by atoms with Gasteiger partial charge in [0.2, 0.25) is 0 Å². The van der Waals surface area contributed by atoms with Crippen LogP contribution < -0.4 is 10.1 Å². The summed E-state index contributed by atoms with van der Waals surface area (Å²) in [6.07, 6.45) is 5.24. The molecule has 5 heteroatoms. The first-order valence-electron chi connectivity index (χ1n) is 6.90. The van der Waals surface area contributed by atoms with Crippen molar-refractivity contribution < 1.29 is 9.53 Å². The standard InChI is InChI=1S/C17H17N3O2/c1-3-22-16-6-4-5-15(10-16)19-17(21)14(11-18)9-13-7-8-20(2)12-13/h4-10,12H,3H2,1-2H3,(H,19,21)/b14-9+. The Kier molecular flexibility index (Phi) is 4.99. The topological polar surface area (TPSA) is 67.0 Å². The first-order chi connectivity index (χ1) is 10.6. The summed E-state index contributed by atoms with van der Waals surface area (Å²) in [7, 11) is 1.88. The van der Waals surface area contributed by atoms with Crippen LogP contribution in [-0.4, -0.2) is 17.1 Å². The van der Waals surface area contributed by atoms with Crippen molar-refractivity contribution in [3.8, 4) is 11.8 Å². The minimum absolute atomic E-state index is 0.0491. The van der Waals surface area contributed by atoms with Gasteiger partial charge in [0.15, 0.2) is 0 Å². The number of nitrogens with zero attached hydrogens (tertiary/aromatic N) is 2. The van der Waals surface area contributed by atoms with E-state index >= 15 is 0 Å². The molecule has 0 atom stereocenters. The summed E-state index contributed by atoms with van der Waals surface area (Å²) in [5, 5.41) is 11.9. The highest BCUT2D eigenvalue weighted by molar-refractivity contribution is 6.09. The van der Waals surface area contributed by atoms with Crippen molar-refractivity contribution in [3.05, 3.63) is 53.9 Å². The Morgan fingerprint density at radius 2 is 2.27 bits per heavy atom. The quantitative estimate of drug-likeness (QED) is 0.681. The van der Waals surface area contributed by atoms with E-state index in [0.717, 1.165) is 5.56 Å². The Balaban J connectivity index is 2.14. The SMILES string of the molecule is CCOc1cccc(NC(=O)/C(C#N)=C/c2ccn(C)c2)c1. The number of aryl methyl sites for hydroxylation is 1. The number of nitrogens with one attached hydrogen (secondary N) is 1. The molecule has 0 bridgehead atoms. The Bertz CT molecular complexity index is 738. The smallest absolute Gasteiger partial charge is 0.266 e. The number of ether oxygens (including phenoxy) is 1. The summed E-state index contributed by atoms with van der Waals surface area (Å²) in [5.74, 6) is 0.228. The molecule has 1 aromatic carbocycles. The molecule has 5 nitrogen and oxygen atoms in total. The molecule has 1 N–H and O–H groups in total. The lowest BCUT2D eigenvalue weighted by Gasteiger charge is -2.07. The summed E-state index contributed by atoms with van der Waals surface area (Å²) in [6.45, 7) is 2.44. The molecule has 2 rings (SSSR count). The summed E-state index contributed by atoms with van der Waals surface area (Å²) in [6, 6.07) is 10.8. The van der Waals surface area contributed by atoms with Crippen LogP contribution in [0.4, 0.5) is 5.69 Å². The highest BCUT2D eigenvalue weighted by atomic mass is 16.5. The number of aromatic nitrogens is 1. The lowest BCUT2D eigenvalue weighted by atomic mass is 10.2. The molecule has 0 aliphatic rings. The van der Waals surface area contributed by atoms with Gasteiger partial charge in [0.1, 0.15) is 17.4 Å². The van der Waals surface area contributed by atoms with Crippen LogP contribution >= 0.6 is 0 Å².